The Morgan fingerprint density at radius 3 is 2.59 bits per heavy atom. The summed E-state index contributed by atoms with van der Waals surface area (Å²) in [5.41, 5.74) is 1.94. The maximum Gasteiger partial charge on any atom is 0.255 e. The maximum atomic E-state index is 12.9. The molecular weight excluding hydrogens is 285 g/mol. The Bertz CT molecular complexity index is 655. The number of ether oxygens (including phenoxy) is 1. The van der Waals surface area contributed by atoms with Gasteiger partial charge < -0.3 is 15.0 Å². The SMILES string of the molecule is O=C(c1cncc(Nc2ccc(F)cc2)c1)N1CCOCC1. The molecule has 2 heterocycles. The molecule has 1 aliphatic heterocycles. The molecule has 1 fully saturated rings. The van der Waals surface area contributed by atoms with Crippen molar-refractivity contribution >= 4 is 17.3 Å². The Balaban J connectivity index is 1.74. The number of amides is 1. The fraction of sp³-hybridized carbons (Fsp3) is 0.250. The summed E-state index contributed by atoms with van der Waals surface area (Å²) < 4.78 is 18.1. The minimum atomic E-state index is -0.292. The van der Waals surface area contributed by atoms with Crippen molar-refractivity contribution in [3.8, 4) is 0 Å². The van der Waals surface area contributed by atoms with Gasteiger partial charge in [-0.25, -0.2) is 4.39 Å². The van der Waals surface area contributed by atoms with E-state index in [1.807, 2.05) is 0 Å². The molecule has 1 aromatic heterocycles. The quantitative estimate of drug-likeness (QED) is 0.946. The van der Waals surface area contributed by atoms with Crippen molar-refractivity contribution in [1.29, 1.82) is 0 Å². The predicted octanol–water partition coefficient (Wildman–Crippen LogP) is 2.44. The summed E-state index contributed by atoms with van der Waals surface area (Å²) in [6.45, 7) is 2.31. The van der Waals surface area contributed by atoms with E-state index < -0.39 is 0 Å². The van der Waals surface area contributed by atoms with E-state index in [4.69, 9.17) is 4.74 Å². The monoisotopic (exact) mass is 301 g/mol. The molecule has 5 nitrogen and oxygen atoms in total. The Morgan fingerprint density at radius 1 is 1.14 bits per heavy atom. The molecule has 114 valence electrons. The van der Waals surface area contributed by atoms with Crippen LogP contribution in [0.5, 0.6) is 0 Å². The number of nitrogens with zero attached hydrogens (tertiary/aromatic N) is 2. The van der Waals surface area contributed by atoms with E-state index in [0.29, 0.717) is 37.6 Å². The number of halogens is 1. The van der Waals surface area contributed by atoms with Gasteiger partial charge in [-0.3, -0.25) is 9.78 Å². The number of hydrogen-bond acceptors (Lipinski definition) is 4. The third kappa shape index (κ3) is 3.40. The van der Waals surface area contributed by atoms with E-state index in [1.165, 1.54) is 12.1 Å². The highest BCUT2D eigenvalue weighted by molar-refractivity contribution is 5.95. The number of nitrogens with one attached hydrogen (secondary N) is 1. The molecule has 22 heavy (non-hydrogen) atoms. The van der Waals surface area contributed by atoms with Crippen molar-refractivity contribution in [2.75, 3.05) is 31.6 Å². The Hall–Kier alpha value is -2.47. The van der Waals surface area contributed by atoms with Crippen LogP contribution in [0, 0.1) is 5.82 Å². The molecule has 1 amide bonds. The smallest absolute Gasteiger partial charge is 0.255 e. The van der Waals surface area contributed by atoms with E-state index in [9.17, 15) is 9.18 Å². The van der Waals surface area contributed by atoms with Crippen molar-refractivity contribution < 1.29 is 13.9 Å². The number of aromatic nitrogens is 1. The van der Waals surface area contributed by atoms with Crippen LogP contribution in [0.25, 0.3) is 0 Å². The lowest BCUT2D eigenvalue weighted by Crippen LogP contribution is -2.40. The average Bonchev–Trinajstić information content (AvgIpc) is 2.57. The zero-order valence-electron chi connectivity index (χ0n) is 12.0. The van der Waals surface area contributed by atoms with E-state index >= 15 is 0 Å². The van der Waals surface area contributed by atoms with Gasteiger partial charge in [0, 0.05) is 25.0 Å². The molecule has 3 rings (SSSR count). The molecular formula is C16H16FN3O2. The highest BCUT2D eigenvalue weighted by Crippen LogP contribution is 2.18. The first kappa shape index (κ1) is 14.5. The molecule has 0 saturated carbocycles. The van der Waals surface area contributed by atoms with Crippen LogP contribution < -0.4 is 5.32 Å². The largest absolute Gasteiger partial charge is 0.378 e. The molecule has 0 aliphatic carbocycles. The second-order valence-corrected chi connectivity index (χ2v) is 5.00. The summed E-state index contributed by atoms with van der Waals surface area (Å²) in [5.74, 6) is -0.349. The van der Waals surface area contributed by atoms with Crippen molar-refractivity contribution in [3.63, 3.8) is 0 Å². The molecule has 2 aromatic rings. The molecule has 1 aliphatic rings. The number of pyridine rings is 1. The van der Waals surface area contributed by atoms with Crippen LogP contribution in [-0.2, 0) is 4.74 Å². The molecule has 0 atom stereocenters. The zero-order valence-corrected chi connectivity index (χ0v) is 12.0. The van der Waals surface area contributed by atoms with Gasteiger partial charge in [0.2, 0.25) is 0 Å². The number of hydrogen-bond donors (Lipinski definition) is 1. The van der Waals surface area contributed by atoms with Crippen LogP contribution in [0.15, 0.2) is 42.7 Å². The lowest BCUT2D eigenvalue weighted by atomic mass is 10.2. The van der Waals surface area contributed by atoms with Gasteiger partial charge >= 0.3 is 0 Å². The van der Waals surface area contributed by atoms with Gasteiger partial charge in [-0.2, -0.15) is 0 Å². The van der Waals surface area contributed by atoms with E-state index in [1.54, 1.807) is 35.5 Å². The first-order valence-electron chi connectivity index (χ1n) is 7.07. The third-order valence-electron chi connectivity index (χ3n) is 3.42. The zero-order chi connectivity index (χ0) is 15.4. The fourth-order valence-corrected chi connectivity index (χ4v) is 2.27. The van der Waals surface area contributed by atoms with Crippen LogP contribution in [0.3, 0.4) is 0 Å². The average molecular weight is 301 g/mol. The predicted molar refractivity (Wildman–Crippen MR) is 80.6 cm³/mol. The van der Waals surface area contributed by atoms with Gasteiger partial charge in [0.15, 0.2) is 0 Å². The van der Waals surface area contributed by atoms with E-state index in [2.05, 4.69) is 10.3 Å². The van der Waals surface area contributed by atoms with Crippen LogP contribution >= 0.6 is 0 Å². The molecule has 0 unspecified atom stereocenters. The van der Waals surface area contributed by atoms with Gasteiger partial charge in [-0.1, -0.05) is 0 Å². The topological polar surface area (TPSA) is 54.5 Å². The first-order chi connectivity index (χ1) is 10.7. The van der Waals surface area contributed by atoms with Gasteiger partial charge in [-0.05, 0) is 30.3 Å². The normalized spacial score (nSPS) is 14.7. The molecule has 0 radical (unpaired) electrons. The molecule has 1 aromatic carbocycles. The van der Waals surface area contributed by atoms with Gasteiger partial charge in [0.05, 0.1) is 30.7 Å². The summed E-state index contributed by atoms with van der Waals surface area (Å²) in [6, 6.07) is 7.75. The standard InChI is InChI=1S/C16H16FN3O2/c17-13-1-3-14(4-2-13)19-15-9-12(10-18-11-15)16(21)20-5-7-22-8-6-20/h1-4,9-11,19H,5-8H2. The Morgan fingerprint density at radius 2 is 1.86 bits per heavy atom. The molecule has 0 bridgehead atoms. The summed E-state index contributed by atoms with van der Waals surface area (Å²) in [4.78, 5) is 18.3. The fourth-order valence-electron chi connectivity index (χ4n) is 2.27. The van der Waals surface area contributed by atoms with Crippen molar-refractivity contribution in [2.45, 2.75) is 0 Å². The summed E-state index contributed by atoms with van der Waals surface area (Å²) >= 11 is 0. The molecule has 0 spiro atoms. The summed E-state index contributed by atoms with van der Waals surface area (Å²) in [7, 11) is 0. The van der Waals surface area contributed by atoms with Crippen molar-refractivity contribution in [1.82, 2.24) is 9.88 Å². The molecule has 6 heteroatoms. The number of carbonyl (C=O) groups excluding carboxylic acids is 1. The highest BCUT2D eigenvalue weighted by atomic mass is 19.1. The highest BCUT2D eigenvalue weighted by Gasteiger charge is 2.18. The number of benzene rings is 1. The Labute approximate surface area is 127 Å². The van der Waals surface area contributed by atoms with Crippen molar-refractivity contribution in [2.24, 2.45) is 0 Å². The third-order valence-corrected chi connectivity index (χ3v) is 3.42. The van der Waals surface area contributed by atoms with Gasteiger partial charge in [0.1, 0.15) is 5.82 Å². The van der Waals surface area contributed by atoms with Crippen molar-refractivity contribution in [3.05, 3.63) is 54.1 Å². The lowest BCUT2D eigenvalue weighted by Gasteiger charge is -2.26. The Kier molecular flexibility index (Phi) is 4.29. The lowest BCUT2D eigenvalue weighted by molar-refractivity contribution is 0.0302. The number of rotatable bonds is 3. The van der Waals surface area contributed by atoms with Gasteiger partial charge in [0.25, 0.3) is 5.91 Å². The van der Waals surface area contributed by atoms with Crippen LogP contribution in [0.4, 0.5) is 15.8 Å². The first-order valence-corrected chi connectivity index (χ1v) is 7.07. The minimum absolute atomic E-state index is 0.0569. The summed E-state index contributed by atoms with van der Waals surface area (Å²) in [6.07, 6.45) is 3.17. The van der Waals surface area contributed by atoms with Crippen LogP contribution in [0.1, 0.15) is 10.4 Å². The van der Waals surface area contributed by atoms with Crippen LogP contribution in [-0.4, -0.2) is 42.1 Å². The summed E-state index contributed by atoms with van der Waals surface area (Å²) in [5, 5.41) is 3.10. The maximum absolute atomic E-state index is 12.9. The van der Waals surface area contributed by atoms with Crippen LogP contribution in [0.2, 0.25) is 0 Å². The number of carbonyl (C=O) groups is 1. The number of anilines is 2. The molecule has 1 saturated heterocycles. The van der Waals surface area contributed by atoms with E-state index in [0.717, 1.165) is 5.69 Å². The minimum Gasteiger partial charge on any atom is -0.378 e. The second kappa shape index (κ2) is 6.53. The van der Waals surface area contributed by atoms with Gasteiger partial charge in [-0.15, -0.1) is 0 Å². The number of morpholine rings is 1. The van der Waals surface area contributed by atoms with E-state index in [-0.39, 0.29) is 11.7 Å². The second-order valence-electron chi connectivity index (χ2n) is 5.00. The molecule has 1 N–H and O–H groups in total.